The van der Waals surface area contributed by atoms with Crippen molar-refractivity contribution in [2.24, 2.45) is 21.5 Å². The number of carbonyl (C=O) groups is 2. The Balaban J connectivity index is 1.48. The van der Waals surface area contributed by atoms with Gasteiger partial charge in [0.25, 0.3) is 10.1 Å². The van der Waals surface area contributed by atoms with E-state index in [4.69, 9.17) is 15.7 Å². The second-order valence-corrected chi connectivity index (χ2v) is 10.8. The molecule has 0 aliphatic carbocycles. The molecule has 18 heteroatoms. The first-order valence-corrected chi connectivity index (χ1v) is 12.6. The molecule has 4 atom stereocenters. The third-order valence-electron chi connectivity index (χ3n) is 6.97. The van der Waals surface area contributed by atoms with Gasteiger partial charge in [0.2, 0.25) is 17.6 Å². The Labute approximate surface area is 212 Å². The summed E-state index contributed by atoms with van der Waals surface area (Å²) in [6.45, 7) is -0.928. The van der Waals surface area contributed by atoms with Gasteiger partial charge < -0.3 is 31.9 Å². The van der Waals surface area contributed by atoms with Gasteiger partial charge in [0.15, 0.2) is 23.7 Å². The molecule has 0 saturated carbocycles. The summed E-state index contributed by atoms with van der Waals surface area (Å²) in [5, 5.41) is 25.2. The first-order chi connectivity index (χ1) is 17.6. The number of nitrogens with zero attached hydrogens (tertiary/aromatic N) is 4. The summed E-state index contributed by atoms with van der Waals surface area (Å²) >= 11 is 0. The molecule has 2 saturated heterocycles. The van der Waals surface area contributed by atoms with Crippen LogP contribution in [0.25, 0.3) is 0 Å². The number of aliphatic hydroxyl groups is 2. The number of hydrogen-bond donors (Lipinski definition) is 5. The average molecular weight is 561 g/mol. The number of nitrogens with one attached hydrogen (secondary N) is 1. The van der Waals surface area contributed by atoms with Crippen LogP contribution in [-0.2, 0) is 30.1 Å². The molecule has 0 bridgehead atoms. The van der Waals surface area contributed by atoms with Crippen molar-refractivity contribution < 1.29 is 45.6 Å². The maximum absolute atomic E-state index is 13.1. The number of rotatable bonds is 5. The van der Waals surface area contributed by atoms with E-state index in [0.717, 1.165) is 21.9 Å². The SMILES string of the molecule is NC1=N[C@H]2C(CN3C(=O)CCC3=O)N=C(N)N3CC(OS(=O)(=O)c4cccc(C(F)(F)F)c4)C(O)(O)[C@]23N1. The zero-order valence-corrected chi connectivity index (χ0v) is 20.1. The lowest BCUT2D eigenvalue weighted by atomic mass is 9.85. The number of imide groups is 1. The van der Waals surface area contributed by atoms with Crippen molar-refractivity contribution in [3.63, 3.8) is 0 Å². The molecule has 5 rings (SSSR count). The van der Waals surface area contributed by atoms with Gasteiger partial charge in [0, 0.05) is 12.8 Å². The normalized spacial score (nSPS) is 30.6. The molecule has 4 aliphatic heterocycles. The second-order valence-electron chi connectivity index (χ2n) is 9.20. The molecule has 7 N–H and O–H groups in total. The monoisotopic (exact) mass is 561 g/mol. The van der Waals surface area contributed by atoms with Crippen LogP contribution in [-0.4, -0.2) is 94.9 Å². The number of halogens is 3. The number of carbonyl (C=O) groups excluding carboxylic acids is 2. The van der Waals surface area contributed by atoms with Gasteiger partial charge in [-0.15, -0.1) is 0 Å². The molecule has 4 heterocycles. The topological polar surface area (TPSA) is 213 Å². The number of amides is 2. The van der Waals surface area contributed by atoms with Crippen molar-refractivity contribution in [2.45, 2.75) is 53.6 Å². The van der Waals surface area contributed by atoms with Crippen molar-refractivity contribution in [1.82, 2.24) is 15.1 Å². The van der Waals surface area contributed by atoms with Gasteiger partial charge in [0.1, 0.15) is 6.04 Å². The minimum Gasteiger partial charge on any atom is -0.370 e. The zero-order chi connectivity index (χ0) is 27.8. The Kier molecular flexibility index (Phi) is 5.68. The fourth-order valence-corrected chi connectivity index (χ4v) is 6.33. The molecule has 1 aromatic carbocycles. The minimum atomic E-state index is -4.97. The van der Waals surface area contributed by atoms with Gasteiger partial charge in [-0.2, -0.15) is 21.6 Å². The van der Waals surface area contributed by atoms with Crippen LogP contribution in [0.15, 0.2) is 39.1 Å². The summed E-state index contributed by atoms with van der Waals surface area (Å²) in [7, 11) is -4.97. The van der Waals surface area contributed by atoms with E-state index in [2.05, 4.69) is 15.3 Å². The van der Waals surface area contributed by atoms with Crippen LogP contribution < -0.4 is 16.8 Å². The van der Waals surface area contributed by atoms with Crippen molar-refractivity contribution in [1.29, 1.82) is 0 Å². The minimum absolute atomic E-state index is 0.0103. The van der Waals surface area contributed by atoms with Crippen molar-refractivity contribution in [3.8, 4) is 0 Å². The van der Waals surface area contributed by atoms with Crippen LogP contribution in [0.1, 0.15) is 18.4 Å². The number of likely N-dealkylation sites (tertiary alicyclic amines) is 1. The second kappa shape index (κ2) is 8.26. The van der Waals surface area contributed by atoms with Crippen molar-refractivity contribution in [2.75, 3.05) is 13.1 Å². The molecular formula is C20H22F3N7O7S. The Morgan fingerprint density at radius 1 is 1.16 bits per heavy atom. The summed E-state index contributed by atoms with van der Waals surface area (Å²) in [5.41, 5.74) is 8.52. The van der Waals surface area contributed by atoms with Gasteiger partial charge in [-0.25, -0.2) is 9.98 Å². The molecule has 1 spiro atoms. The predicted molar refractivity (Wildman–Crippen MR) is 120 cm³/mol. The maximum atomic E-state index is 13.1. The predicted octanol–water partition coefficient (Wildman–Crippen LogP) is -2.40. The van der Waals surface area contributed by atoms with Crippen molar-refractivity contribution >= 4 is 33.9 Å². The first-order valence-electron chi connectivity index (χ1n) is 11.2. The standard InChI is InChI=1S/C20H22F3N7O7S/c21-20(22,23)9-2-1-3-10(6-9)38(35,36)37-12-8-30-17(25)26-11(7-29-13(31)4-5-14(29)32)15-18(30,19(12,33)34)28-16(24)27-15/h1-3,6,11-12,15,33-34H,4-5,7-8H2,(H2,25,26)(H3,24,27,28)/t11?,12?,15-,18-/m0/s1. The highest BCUT2D eigenvalue weighted by atomic mass is 32.2. The maximum Gasteiger partial charge on any atom is 0.416 e. The van der Waals surface area contributed by atoms with E-state index in [1.54, 1.807) is 0 Å². The van der Waals surface area contributed by atoms with Crippen LogP contribution >= 0.6 is 0 Å². The molecule has 206 valence electrons. The molecule has 0 aromatic heterocycles. The summed E-state index contributed by atoms with van der Waals surface area (Å²) in [5.74, 6) is -4.71. The zero-order valence-electron chi connectivity index (χ0n) is 19.3. The van der Waals surface area contributed by atoms with Crippen LogP contribution in [0.5, 0.6) is 0 Å². The number of nitrogens with two attached hydrogens (primary N) is 2. The first kappa shape index (κ1) is 26.1. The lowest BCUT2D eigenvalue weighted by Crippen LogP contribution is -2.77. The molecular weight excluding hydrogens is 539 g/mol. The summed E-state index contributed by atoms with van der Waals surface area (Å²) in [6.07, 6.45) is -6.88. The lowest BCUT2D eigenvalue weighted by molar-refractivity contribution is -0.251. The van der Waals surface area contributed by atoms with Crippen LogP contribution in [0.2, 0.25) is 0 Å². The van der Waals surface area contributed by atoms with E-state index in [9.17, 15) is 41.4 Å². The molecule has 4 aliphatic rings. The van der Waals surface area contributed by atoms with E-state index in [-0.39, 0.29) is 31.3 Å². The van der Waals surface area contributed by atoms with E-state index in [0.29, 0.717) is 12.1 Å². The number of benzene rings is 1. The molecule has 2 fully saturated rings. The summed E-state index contributed by atoms with van der Waals surface area (Å²) < 4.78 is 70.2. The Morgan fingerprint density at radius 3 is 2.45 bits per heavy atom. The molecule has 1 aromatic rings. The molecule has 2 unspecified atom stereocenters. The highest BCUT2D eigenvalue weighted by Crippen LogP contribution is 2.46. The Hall–Kier alpha value is -3.48. The number of aliphatic imine (C=N–C) groups is 2. The molecule has 38 heavy (non-hydrogen) atoms. The van der Waals surface area contributed by atoms with E-state index in [1.807, 2.05) is 0 Å². The molecule has 0 radical (unpaired) electrons. The summed E-state index contributed by atoms with van der Waals surface area (Å²) in [4.78, 5) is 33.9. The number of guanidine groups is 2. The van der Waals surface area contributed by atoms with Crippen LogP contribution in [0.3, 0.4) is 0 Å². The lowest BCUT2D eigenvalue weighted by Gasteiger charge is -2.49. The van der Waals surface area contributed by atoms with Crippen molar-refractivity contribution in [3.05, 3.63) is 29.8 Å². The van der Waals surface area contributed by atoms with Gasteiger partial charge in [-0.1, -0.05) is 6.07 Å². The Morgan fingerprint density at radius 2 is 1.82 bits per heavy atom. The third-order valence-corrected chi connectivity index (χ3v) is 8.28. The smallest absolute Gasteiger partial charge is 0.370 e. The number of alkyl halides is 3. The largest absolute Gasteiger partial charge is 0.416 e. The highest BCUT2D eigenvalue weighted by Gasteiger charge is 2.74. The summed E-state index contributed by atoms with van der Waals surface area (Å²) in [6, 6.07) is 0.324. The average Bonchev–Trinajstić information content (AvgIpc) is 3.41. The van der Waals surface area contributed by atoms with Gasteiger partial charge >= 0.3 is 6.18 Å². The van der Waals surface area contributed by atoms with Crippen LogP contribution in [0, 0.1) is 0 Å². The van der Waals surface area contributed by atoms with Gasteiger partial charge in [-0.05, 0) is 18.2 Å². The van der Waals surface area contributed by atoms with E-state index < -0.39 is 74.8 Å². The fourth-order valence-electron chi connectivity index (χ4n) is 5.20. The fraction of sp³-hybridized carbons (Fsp3) is 0.500. The van der Waals surface area contributed by atoms with E-state index in [1.165, 1.54) is 0 Å². The number of hydrogen-bond acceptors (Lipinski definition) is 13. The van der Waals surface area contributed by atoms with Gasteiger partial charge in [0.05, 0.1) is 29.6 Å². The molecule has 14 nitrogen and oxygen atoms in total. The van der Waals surface area contributed by atoms with Gasteiger partial charge in [-0.3, -0.25) is 18.7 Å². The van der Waals surface area contributed by atoms with Crippen LogP contribution in [0.4, 0.5) is 13.2 Å². The quantitative estimate of drug-likeness (QED) is 0.145. The van der Waals surface area contributed by atoms with E-state index >= 15 is 0 Å². The molecule has 2 amide bonds. The third kappa shape index (κ3) is 3.77. The highest BCUT2D eigenvalue weighted by molar-refractivity contribution is 7.86. The Bertz CT molecular complexity index is 1370.